The van der Waals surface area contributed by atoms with Gasteiger partial charge in [0.25, 0.3) is 0 Å². The van der Waals surface area contributed by atoms with Crippen molar-refractivity contribution in [1.29, 1.82) is 0 Å². The Balaban J connectivity index is 2.13. The third kappa shape index (κ3) is 3.43. The van der Waals surface area contributed by atoms with Crippen LogP contribution in [0.3, 0.4) is 0 Å². The second-order valence-corrected chi connectivity index (χ2v) is 5.64. The van der Waals surface area contributed by atoms with Crippen molar-refractivity contribution < 1.29 is 19.8 Å². The fourth-order valence-corrected chi connectivity index (χ4v) is 2.94. The number of carbonyl (C=O) groups is 2. The molecule has 0 spiro atoms. The highest BCUT2D eigenvalue weighted by atomic mass is 16.4. The van der Waals surface area contributed by atoms with E-state index in [1.807, 2.05) is 54.6 Å². The summed E-state index contributed by atoms with van der Waals surface area (Å²) in [5, 5.41) is 18.9. The van der Waals surface area contributed by atoms with Gasteiger partial charge in [-0.1, -0.05) is 60.7 Å². The minimum atomic E-state index is -1.13. The predicted molar refractivity (Wildman–Crippen MR) is 95.0 cm³/mol. The minimum absolute atomic E-state index is 0.0164. The summed E-state index contributed by atoms with van der Waals surface area (Å²) in [6, 6.07) is 21.7. The highest BCUT2D eigenvalue weighted by molar-refractivity contribution is 5.97. The van der Waals surface area contributed by atoms with Gasteiger partial charge < -0.3 is 10.2 Å². The van der Waals surface area contributed by atoms with E-state index in [0.29, 0.717) is 5.56 Å². The molecule has 124 valence electrons. The van der Waals surface area contributed by atoms with Crippen LogP contribution in [-0.4, -0.2) is 22.2 Å². The van der Waals surface area contributed by atoms with Gasteiger partial charge in [-0.2, -0.15) is 0 Å². The number of aromatic carboxylic acids is 2. The normalized spacial score (nSPS) is 10.4. The lowest BCUT2D eigenvalue weighted by atomic mass is 9.90. The first-order chi connectivity index (χ1) is 12.1. The standard InChI is InChI=1S/C21H16O4/c22-20(23)17-11-6-12-18(21(24)25)19(17)13-15-9-4-5-10-16(15)14-7-2-1-3-8-14/h1-12H,13H2,(H,22,23)(H,24,25). The molecule has 0 radical (unpaired) electrons. The molecule has 0 aromatic heterocycles. The summed E-state index contributed by atoms with van der Waals surface area (Å²) in [5.41, 5.74) is 3.18. The number of hydrogen-bond donors (Lipinski definition) is 2. The van der Waals surface area contributed by atoms with Crippen LogP contribution in [0.4, 0.5) is 0 Å². The van der Waals surface area contributed by atoms with Crippen LogP contribution in [0.2, 0.25) is 0 Å². The maximum absolute atomic E-state index is 11.5. The zero-order valence-corrected chi connectivity index (χ0v) is 13.3. The molecule has 0 saturated carbocycles. The molecule has 0 bridgehead atoms. The van der Waals surface area contributed by atoms with Crippen LogP contribution >= 0.6 is 0 Å². The Morgan fingerprint density at radius 3 is 1.84 bits per heavy atom. The lowest BCUT2D eigenvalue weighted by molar-refractivity contribution is 0.0696. The van der Waals surface area contributed by atoms with Crippen LogP contribution in [0.5, 0.6) is 0 Å². The molecule has 0 unspecified atom stereocenters. The molecule has 0 heterocycles. The zero-order chi connectivity index (χ0) is 17.8. The fourth-order valence-electron chi connectivity index (χ4n) is 2.94. The number of benzene rings is 3. The van der Waals surface area contributed by atoms with E-state index in [4.69, 9.17) is 0 Å². The molecule has 0 atom stereocenters. The van der Waals surface area contributed by atoms with E-state index < -0.39 is 11.9 Å². The van der Waals surface area contributed by atoms with Crippen molar-refractivity contribution >= 4 is 11.9 Å². The summed E-state index contributed by atoms with van der Waals surface area (Å²) in [6.07, 6.45) is 0.231. The van der Waals surface area contributed by atoms with E-state index in [2.05, 4.69) is 0 Å². The van der Waals surface area contributed by atoms with Crippen molar-refractivity contribution in [2.45, 2.75) is 6.42 Å². The number of hydrogen-bond acceptors (Lipinski definition) is 2. The zero-order valence-electron chi connectivity index (χ0n) is 13.3. The average Bonchev–Trinajstić information content (AvgIpc) is 2.62. The van der Waals surface area contributed by atoms with Crippen LogP contribution in [0.15, 0.2) is 72.8 Å². The first-order valence-corrected chi connectivity index (χ1v) is 7.79. The Morgan fingerprint density at radius 1 is 0.680 bits per heavy atom. The van der Waals surface area contributed by atoms with Gasteiger partial charge in [-0.05, 0) is 40.8 Å². The first-order valence-electron chi connectivity index (χ1n) is 7.79. The van der Waals surface area contributed by atoms with Crippen LogP contribution in [0.1, 0.15) is 31.8 Å². The van der Waals surface area contributed by atoms with Gasteiger partial charge in [-0.25, -0.2) is 9.59 Å². The van der Waals surface area contributed by atoms with Crippen LogP contribution in [0.25, 0.3) is 11.1 Å². The summed E-state index contributed by atoms with van der Waals surface area (Å²) in [4.78, 5) is 23.1. The Kier molecular flexibility index (Phi) is 4.61. The molecule has 0 aliphatic heterocycles. The van der Waals surface area contributed by atoms with Crippen molar-refractivity contribution in [1.82, 2.24) is 0 Å². The first kappa shape index (κ1) is 16.5. The van der Waals surface area contributed by atoms with Crippen LogP contribution < -0.4 is 0 Å². The molecule has 3 aromatic rings. The Morgan fingerprint density at radius 2 is 1.24 bits per heavy atom. The second kappa shape index (κ2) is 7.01. The third-order valence-electron chi connectivity index (χ3n) is 4.11. The Hall–Kier alpha value is -3.40. The van der Waals surface area contributed by atoms with Gasteiger partial charge in [0, 0.05) is 0 Å². The van der Waals surface area contributed by atoms with Crippen molar-refractivity contribution in [2.24, 2.45) is 0 Å². The maximum atomic E-state index is 11.5. The van der Waals surface area contributed by atoms with Gasteiger partial charge in [-0.15, -0.1) is 0 Å². The summed E-state index contributed by atoms with van der Waals surface area (Å²) in [7, 11) is 0. The van der Waals surface area contributed by atoms with Crippen LogP contribution in [0, 0.1) is 0 Å². The summed E-state index contributed by atoms with van der Waals surface area (Å²) in [6.45, 7) is 0. The molecular formula is C21H16O4. The summed E-state index contributed by atoms with van der Waals surface area (Å²) >= 11 is 0. The SMILES string of the molecule is O=C(O)c1cccc(C(=O)O)c1Cc1ccccc1-c1ccccc1. The van der Waals surface area contributed by atoms with E-state index in [-0.39, 0.29) is 17.5 Å². The third-order valence-corrected chi connectivity index (χ3v) is 4.11. The molecule has 4 heteroatoms. The highest BCUT2D eigenvalue weighted by Gasteiger charge is 2.19. The smallest absolute Gasteiger partial charge is 0.336 e. The molecule has 0 aliphatic rings. The molecule has 0 saturated heterocycles. The number of carboxylic acid groups (broad SMARTS) is 2. The van der Waals surface area contributed by atoms with E-state index in [9.17, 15) is 19.8 Å². The summed E-state index contributed by atoms with van der Waals surface area (Å²) in [5.74, 6) is -2.26. The lowest BCUT2D eigenvalue weighted by Gasteiger charge is -2.13. The van der Waals surface area contributed by atoms with E-state index in [1.54, 1.807) is 0 Å². The van der Waals surface area contributed by atoms with Crippen molar-refractivity contribution in [2.75, 3.05) is 0 Å². The van der Waals surface area contributed by atoms with Gasteiger partial charge in [-0.3, -0.25) is 0 Å². The molecule has 0 amide bonds. The second-order valence-electron chi connectivity index (χ2n) is 5.64. The lowest BCUT2D eigenvalue weighted by Crippen LogP contribution is -2.10. The Bertz CT molecular complexity index is 897. The average molecular weight is 332 g/mol. The van der Waals surface area contributed by atoms with Gasteiger partial charge in [0.15, 0.2) is 0 Å². The maximum Gasteiger partial charge on any atom is 0.336 e. The highest BCUT2D eigenvalue weighted by Crippen LogP contribution is 2.28. The minimum Gasteiger partial charge on any atom is -0.478 e. The molecule has 25 heavy (non-hydrogen) atoms. The molecule has 2 N–H and O–H groups in total. The number of carboxylic acids is 2. The largest absolute Gasteiger partial charge is 0.478 e. The van der Waals surface area contributed by atoms with Gasteiger partial charge in [0.2, 0.25) is 0 Å². The van der Waals surface area contributed by atoms with Gasteiger partial charge in [0.1, 0.15) is 0 Å². The molecule has 0 aliphatic carbocycles. The van der Waals surface area contributed by atoms with Crippen molar-refractivity contribution in [3.63, 3.8) is 0 Å². The van der Waals surface area contributed by atoms with Crippen LogP contribution in [-0.2, 0) is 6.42 Å². The van der Waals surface area contributed by atoms with Crippen molar-refractivity contribution in [3.8, 4) is 11.1 Å². The van der Waals surface area contributed by atoms with E-state index >= 15 is 0 Å². The fraction of sp³-hybridized carbons (Fsp3) is 0.0476. The van der Waals surface area contributed by atoms with E-state index in [1.165, 1.54) is 18.2 Å². The quantitative estimate of drug-likeness (QED) is 0.729. The molecule has 3 rings (SSSR count). The topological polar surface area (TPSA) is 74.6 Å². The van der Waals surface area contributed by atoms with Gasteiger partial charge >= 0.3 is 11.9 Å². The number of rotatable bonds is 5. The molecule has 3 aromatic carbocycles. The predicted octanol–water partition coefficient (Wildman–Crippen LogP) is 4.34. The molecule has 0 fully saturated rings. The van der Waals surface area contributed by atoms with E-state index in [0.717, 1.165) is 16.7 Å². The van der Waals surface area contributed by atoms with Crippen molar-refractivity contribution in [3.05, 3.63) is 95.1 Å². The van der Waals surface area contributed by atoms with Gasteiger partial charge in [0.05, 0.1) is 11.1 Å². The molecule has 4 nitrogen and oxygen atoms in total. The Labute approximate surface area is 145 Å². The molecular weight excluding hydrogens is 316 g/mol. The summed E-state index contributed by atoms with van der Waals surface area (Å²) < 4.78 is 0. The monoisotopic (exact) mass is 332 g/mol.